The molecule has 5 aliphatic rings. The fourth-order valence-corrected chi connectivity index (χ4v) is 5.95. The quantitative estimate of drug-likeness (QED) is 0.883. The van der Waals surface area contributed by atoms with Gasteiger partial charge in [0.2, 0.25) is 0 Å². The Morgan fingerprint density at radius 3 is 2.88 bits per heavy atom. The molecule has 130 valence electrons. The second-order valence-corrected chi connectivity index (χ2v) is 9.17. The lowest BCUT2D eigenvalue weighted by Crippen LogP contribution is -2.55. The monoisotopic (exact) mass is 353 g/mol. The average molecular weight is 354 g/mol. The van der Waals surface area contributed by atoms with E-state index in [1.807, 2.05) is 6.07 Å². The van der Waals surface area contributed by atoms with Crippen molar-refractivity contribution in [3.05, 3.63) is 51.6 Å². The smallest absolute Gasteiger partial charge is 0.112 e. The molecular formula is C21H24ClN3. The number of imidazole rings is 1. The molecule has 0 radical (unpaired) electrons. The number of nitrogens with one attached hydrogen (secondary N) is 1. The number of aromatic amines is 1. The average Bonchev–Trinajstić information content (AvgIpc) is 2.94. The van der Waals surface area contributed by atoms with E-state index in [1.54, 1.807) is 0 Å². The van der Waals surface area contributed by atoms with Gasteiger partial charge in [-0.3, -0.25) is 4.90 Å². The maximum Gasteiger partial charge on any atom is 0.112 e. The Morgan fingerprint density at radius 2 is 2.08 bits per heavy atom. The zero-order chi connectivity index (χ0) is 16.6. The maximum atomic E-state index is 6.47. The molecule has 0 saturated heterocycles. The molecule has 0 amide bonds. The highest BCUT2D eigenvalue weighted by atomic mass is 35.5. The number of hydrogen-bond donors (Lipinski definition) is 1. The lowest BCUT2D eigenvalue weighted by atomic mass is 9.44. The first kappa shape index (κ1) is 14.8. The van der Waals surface area contributed by atoms with Crippen LogP contribution < -0.4 is 0 Å². The Bertz CT molecular complexity index is 838. The van der Waals surface area contributed by atoms with Crippen LogP contribution in [0, 0.1) is 5.92 Å². The van der Waals surface area contributed by atoms with Gasteiger partial charge in [-0.2, -0.15) is 0 Å². The second kappa shape index (κ2) is 5.11. The molecule has 1 aromatic carbocycles. The van der Waals surface area contributed by atoms with Gasteiger partial charge in [-0.25, -0.2) is 4.98 Å². The molecule has 4 aliphatic carbocycles. The van der Waals surface area contributed by atoms with Crippen LogP contribution in [0.3, 0.4) is 0 Å². The van der Waals surface area contributed by atoms with Crippen molar-refractivity contribution in [1.29, 1.82) is 0 Å². The Labute approximate surface area is 153 Å². The van der Waals surface area contributed by atoms with Crippen LogP contribution in [-0.2, 0) is 31.2 Å². The molecule has 2 aromatic rings. The normalized spacial score (nSPS) is 33.2. The highest BCUT2D eigenvalue weighted by Crippen LogP contribution is 2.64. The first-order valence-electron chi connectivity index (χ1n) is 9.79. The minimum atomic E-state index is 0.449. The predicted octanol–water partition coefficient (Wildman–Crippen LogP) is 4.03. The molecule has 3 nitrogen and oxygen atoms in total. The van der Waals surface area contributed by atoms with Crippen LogP contribution >= 0.6 is 11.6 Å². The van der Waals surface area contributed by atoms with Crippen molar-refractivity contribution >= 4 is 11.6 Å². The Kier molecular flexibility index (Phi) is 3.03. The Morgan fingerprint density at radius 1 is 1.20 bits per heavy atom. The first-order valence-corrected chi connectivity index (χ1v) is 10.2. The van der Waals surface area contributed by atoms with Gasteiger partial charge in [-0.05, 0) is 61.6 Å². The van der Waals surface area contributed by atoms with Crippen LogP contribution in [-0.4, -0.2) is 27.5 Å². The number of rotatable bonds is 2. The summed E-state index contributed by atoms with van der Waals surface area (Å²) in [6.07, 6.45) is 8.72. The minimum absolute atomic E-state index is 0.449. The minimum Gasteiger partial charge on any atom is -0.344 e. The number of benzene rings is 1. The van der Waals surface area contributed by atoms with Gasteiger partial charge in [0.25, 0.3) is 0 Å². The fraction of sp³-hybridized carbons (Fsp3) is 0.571. The molecule has 1 N–H and O–H groups in total. The first-order chi connectivity index (χ1) is 12.2. The molecule has 1 aromatic heterocycles. The van der Waals surface area contributed by atoms with Crippen LogP contribution in [0.2, 0.25) is 5.02 Å². The van der Waals surface area contributed by atoms with E-state index >= 15 is 0 Å². The van der Waals surface area contributed by atoms with Crippen LogP contribution in [0.15, 0.2) is 18.2 Å². The summed E-state index contributed by atoms with van der Waals surface area (Å²) in [6, 6.07) is 6.99. The van der Waals surface area contributed by atoms with E-state index < -0.39 is 0 Å². The van der Waals surface area contributed by atoms with E-state index in [0.29, 0.717) is 11.5 Å². The summed E-state index contributed by atoms with van der Waals surface area (Å²) in [4.78, 5) is 11.4. The van der Waals surface area contributed by atoms with Crippen molar-refractivity contribution in [3.8, 4) is 0 Å². The van der Waals surface area contributed by atoms with Gasteiger partial charge in [0.15, 0.2) is 0 Å². The zero-order valence-electron chi connectivity index (χ0n) is 14.5. The van der Waals surface area contributed by atoms with Crippen molar-refractivity contribution in [1.82, 2.24) is 14.9 Å². The van der Waals surface area contributed by atoms with E-state index in [4.69, 9.17) is 16.6 Å². The maximum absolute atomic E-state index is 6.47. The zero-order valence-corrected chi connectivity index (χ0v) is 15.3. The van der Waals surface area contributed by atoms with E-state index in [0.717, 1.165) is 43.3 Å². The van der Waals surface area contributed by atoms with E-state index in [2.05, 4.69) is 22.0 Å². The van der Waals surface area contributed by atoms with Crippen molar-refractivity contribution in [2.75, 3.05) is 6.54 Å². The molecule has 7 rings (SSSR count). The summed E-state index contributed by atoms with van der Waals surface area (Å²) in [7, 11) is 0. The van der Waals surface area contributed by atoms with Gasteiger partial charge in [-0.1, -0.05) is 23.7 Å². The van der Waals surface area contributed by atoms with Gasteiger partial charge in [-0.15, -0.1) is 0 Å². The molecule has 25 heavy (non-hydrogen) atoms. The van der Waals surface area contributed by atoms with Gasteiger partial charge in [0, 0.05) is 36.0 Å². The standard InChI is InChI=1S/C21H24ClN3/c22-17-3-1-2-14-4-5-15(8-16(14)17)25-7-6-18-19(12-25)24-20(23-18)21-9-13(10-21)11-21/h1-3,13,15H,4-12H2,(H,23,24). The number of H-pyrrole nitrogens is 1. The topological polar surface area (TPSA) is 31.9 Å². The molecule has 0 spiro atoms. The van der Waals surface area contributed by atoms with Gasteiger partial charge < -0.3 is 4.98 Å². The Hall–Kier alpha value is -1.32. The van der Waals surface area contributed by atoms with Crippen LogP contribution in [0.4, 0.5) is 0 Å². The van der Waals surface area contributed by atoms with Crippen molar-refractivity contribution in [2.45, 2.75) is 62.9 Å². The van der Waals surface area contributed by atoms with Crippen molar-refractivity contribution < 1.29 is 0 Å². The number of fused-ring (bicyclic) bond motifs is 2. The summed E-state index contributed by atoms with van der Waals surface area (Å²) >= 11 is 6.47. The van der Waals surface area contributed by atoms with Crippen molar-refractivity contribution in [3.63, 3.8) is 0 Å². The summed E-state index contributed by atoms with van der Waals surface area (Å²) in [5.74, 6) is 2.31. The molecule has 2 bridgehead atoms. The van der Waals surface area contributed by atoms with E-state index in [1.165, 1.54) is 54.0 Å². The summed E-state index contributed by atoms with van der Waals surface area (Å²) in [6.45, 7) is 2.17. The summed E-state index contributed by atoms with van der Waals surface area (Å²) in [5, 5.41) is 0.951. The summed E-state index contributed by atoms with van der Waals surface area (Å²) < 4.78 is 0. The third-order valence-electron chi connectivity index (χ3n) is 7.32. The highest BCUT2D eigenvalue weighted by Gasteiger charge is 2.59. The second-order valence-electron chi connectivity index (χ2n) is 8.76. The lowest BCUT2D eigenvalue weighted by molar-refractivity contribution is -0.0341. The molecule has 3 fully saturated rings. The van der Waals surface area contributed by atoms with Crippen molar-refractivity contribution in [2.24, 2.45) is 5.92 Å². The molecule has 1 unspecified atom stereocenters. The number of halogens is 1. The van der Waals surface area contributed by atoms with E-state index in [-0.39, 0.29) is 0 Å². The molecule has 3 saturated carbocycles. The number of hydrogen-bond acceptors (Lipinski definition) is 2. The fourth-order valence-electron chi connectivity index (χ4n) is 5.68. The number of aromatic nitrogens is 2. The largest absolute Gasteiger partial charge is 0.344 e. The lowest BCUT2D eigenvalue weighted by Gasteiger charge is -2.60. The van der Waals surface area contributed by atoms with Crippen LogP contribution in [0.25, 0.3) is 0 Å². The van der Waals surface area contributed by atoms with Crippen LogP contribution in [0.1, 0.15) is 54.0 Å². The van der Waals surface area contributed by atoms with E-state index in [9.17, 15) is 0 Å². The molecule has 2 heterocycles. The third-order valence-corrected chi connectivity index (χ3v) is 7.68. The number of aryl methyl sites for hydroxylation is 1. The molecule has 1 atom stereocenters. The molecule has 1 aliphatic heterocycles. The molecular weight excluding hydrogens is 330 g/mol. The predicted molar refractivity (Wildman–Crippen MR) is 99.0 cm³/mol. The highest BCUT2D eigenvalue weighted by molar-refractivity contribution is 6.31. The molecule has 4 heteroatoms. The van der Waals surface area contributed by atoms with Gasteiger partial charge in [0.05, 0.1) is 11.4 Å². The van der Waals surface area contributed by atoms with Gasteiger partial charge in [0.1, 0.15) is 5.82 Å². The SMILES string of the molecule is Clc1cccc2c1CC(N1CCc3nc(C45CC(C4)C5)[nH]c3C1)CC2. The van der Waals surface area contributed by atoms with Crippen LogP contribution in [0.5, 0.6) is 0 Å². The van der Waals surface area contributed by atoms with Gasteiger partial charge >= 0.3 is 0 Å². The Balaban J connectivity index is 1.23. The summed E-state index contributed by atoms with van der Waals surface area (Å²) in [5.41, 5.74) is 6.00. The number of nitrogens with zero attached hydrogens (tertiary/aromatic N) is 2. The third kappa shape index (κ3) is 2.12.